The van der Waals surface area contributed by atoms with E-state index >= 15 is 0 Å². The summed E-state index contributed by atoms with van der Waals surface area (Å²) in [7, 11) is 0. The maximum absolute atomic E-state index is 13.8. The number of hydrogen-bond acceptors (Lipinski definition) is 15. The van der Waals surface area contributed by atoms with Crippen LogP contribution in [0, 0.1) is 48.1 Å². The number of nitrogens with zero attached hydrogens (tertiary/aromatic N) is 5. The summed E-state index contributed by atoms with van der Waals surface area (Å²) >= 11 is 1.33. The van der Waals surface area contributed by atoms with Crippen LogP contribution in [-0.2, 0) is 43.6 Å². The minimum atomic E-state index is -0.987. The quantitative estimate of drug-likeness (QED) is 0.0519. The van der Waals surface area contributed by atoms with Crippen LogP contribution in [0.1, 0.15) is 50.3 Å². The molecule has 3 aliphatic heterocycles. The number of hydrogen-bond donors (Lipinski definition) is 2. The highest BCUT2D eigenvalue weighted by atomic mass is 32.2. The number of nitrogens with one attached hydrogen (secondary N) is 1. The maximum atomic E-state index is 13.8. The number of aliphatic hydroxyl groups is 1. The molecule has 3 aromatic rings. The molecular weight excluding hydrogens is 833 g/mol. The van der Waals surface area contributed by atoms with Crippen molar-refractivity contribution < 1.29 is 53.3 Å². The Bertz CT molecular complexity index is 2240. The van der Waals surface area contributed by atoms with Gasteiger partial charge in [-0.2, -0.15) is 0 Å². The van der Waals surface area contributed by atoms with Gasteiger partial charge in [0.15, 0.2) is 0 Å². The van der Waals surface area contributed by atoms with Crippen LogP contribution in [0.4, 0.5) is 26.7 Å². The van der Waals surface area contributed by atoms with Crippen LogP contribution in [-0.4, -0.2) is 90.3 Å². The number of likely N-dealkylation sites (tertiary alicyclic amines) is 1. The van der Waals surface area contributed by atoms with Crippen molar-refractivity contribution in [3.8, 4) is 0 Å². The van der Waals surface area contributed by atoms with Crippen molar-refractivity contribution in [1.82, 2.24) is 15.1 Å². The van der Waals surface area contributed by atoms with Gasteiger partial charge in [0, 0.05) is 71.6 Å². The van der Waals surface area contributed by atoms with Crippen molar-refractivity contribution in [3.05, 3.63) is 130 Å². The van der Waals surface area contributed by atoms with Gasteiger partial charge >= 0.3 is 18.2 Å². The zero-order chi connectivity index (χ0) is 44.8. The molecule has 1 unspecified atom stereocenters. The summed E-state index contributed by atoms with van der Waals surface area (Å²) in [6.45, 7) is 5.09. The predicted octanol–water partition coefficient (Wildman–Crippen LogP) is 5.99. The number of esters is 1. The number of aliphatic hydroxyl groups excluding tert-OH is 1. The molecule has 3 aromatic carbocycles. The van der Waals surface area contributed by atoms with E-state index in [0.717, 1.165) is 0 Å². The summed E-state index contributed by atoms with van der Waals surface area (Å²) in [4.78, 5) is 88.6. The Morgan fingerprint density at radius 1 is 0.806 bits per heavy atom. The average Bonchev–Trinajstić information content (AvgIpc) is 3.75. The van der Waals surface area contributed by atoms with E-state index in [-0.39, 0.29) is 72.8 Å². The largest absolute Gasteiger partial charge is 0.456 e. The molecular formula is C41H44N6O14S. The molecule has 0 saturated carbocycles. The Balaban J connectivity index is 1.16. The van der Waals surface area contributed by atoms with Crippen LogP contribution in [0.15, 0.2) is 83.4 Å². The normalized spacial score (nSPS) is 21.4. The van der Waals surface area contributed by atoms with Gasteiger partial charge in [-0.15, -0.1) is 11.8 Å². The molecule has 3 amide bonds. The van der Waals surface area contributed by atoms with Gasteiger partial charge in [0.05, 0.1) is 32.8 Å². The Morgan fingerprint density at radius 3 is 1.77 bits per heavy atom. The van der Waals surface area contributed by atoms with Gasteiger partial charge in [-0.3, -0.25) is 35.1 Å². The first-order valence-electron chi connectivity index (χ1n) is 19.6. The van der Waals surface area contributed by atoms with Crippen LogP contribution < -0.4 is 5.32 Å². The third-order valence-electron chi connectivity index (χ3n) is 11.0. The van der Waals surface area contributed by atoms with Crippen molar-refractivity contribution in [2.75, 3.05) is 13.1 Å². The van der Waals surface area contributed by atoms with E-state index in [1.165, 1.54) is 96.4 Å². The molecule has 62 heavy (non-hydrogen) atoms. The molecule has 2 saturated heterocycles. The first-order chi connectivity index (χ1) is 29.5. The highest BCUT2D eigenvalue weighted by molar-refractivity contribution is 8.03. The summed E-state index contributed by atoms with van der Waals surface area (Å²) in [6, 6.07) is 15.7. The van der Waals surface area contributed by atoms with Crippen LogP contribution in [0.2, 0.25) is 0 Å². The van der Waals surface area contributed by atoms with Gasteiger partial charge in [0.2, 0.25) is 5.91 Å². The zero-order valence-corrected chi connectivity index (χ0v) is 34.6. The minimum absolute atomic E-state index is 0.0388. The van der Waals surface area contributed by atoms with E-state index < -0.39 is 62.9 Å². The predicted molar refractivity (Wildman–Crippen MR) is 220 cm³/mol. The topological polar surface area (TPSA) is 264 Å². The van der Waals surface area contributed by atoms with Gasteiger partial charge in [0.25, 0.3) is 17.1 Å². The number of benzene rings is 3. The number of amides is 3. The van der Waals surface area contributed by atoms with Crippen LogP contribution in [0.5, 0.6) is 0 Å². The third kappa shape index (κ3) is 10.3. The number of rotatable bonds is 17. The minimum Gasteiger partial charge on any atom is -0.456 e. The number of nitro benzene ring substituents is 3. The van der Waals surface area contributed by atoms with E-state index in [0.29, 0.717) is 34.4 Å². The second-order valence-electron chi connectivity index (χ2n) is 15.4. The van der Waals surface area contributed by atoms with Crippen molar-refractivity contribution >= 4 is 52.9 Å². The number of nitro groups is 3. The molecule has 7 atom stereocenters. The van der Waals surface area contributed by atoms with Gasteiger partial charge in [-0.05, 0) is 78.8 Å². The molecule has 21 heteroatoms. The standard InChI is InChI=1S/C41H44N6O14S/c1-23(18-42-40(51)60-21-27-6-12-30(13-7-27)46(55)56)16-32-17-33(19-43(32)41(52)61-22-28-8-14-31(15-9-28)47(57)58)62-37-24(2)35-34(25(3)48)38(49)44(35)36(37)39(50)59-20-26-4-10-29(11-5-26)45(53)54/h4-15,23-25,32-35,48H,16-22H2,1-3H3,(H,42,51)/t23?,24-,25-,32-,33+,34-,35-/m1/s1. The Hall–Kier alpha value is -6.61. The molecule has 0 aliphatic carbocycles. The van der Waals surface area contributed by atoms with E-state index in [2.05, 4.69) is 5.32 Å². The van der Waals surface area contributed by atoms with Gasteiger partial charge in [-0.1, -0.05) is 13.8 Å². The number of fused-ring (bicyclic) bond motifs is 1. The molecule has 328 valence electrons. The highest BCUT2D eigenvalue weighted by Crippen LogP contribution is 2.52. The van der Waals surface area contributed by atoms with Gasteiger partial charge in [0.1, 0.15) is 25.5 Å². The number of non-ortho nitro benzene ring substituents is 3. The molecule has 0 spiro atoms. The summed E-state index contributed by atoms with van der Waals surface area (Å²) in [6.07, 6.45) is -1.52. The number of β-lactam (4-membered cyclic amide) rings is 1. The smallest absolute Gasteiger partial charge is 0.410 e. The maximum Gasteiger partial charge on any atom is 0.410 e. The highest BCUT2D eigenvalue weighted by Gasteiger charge is 2.60. The number of carbonyl (C=O) groups excluding carboxylic acids is 4. The number of carbonyl (C=O) groups is 4. The van der Waals surface area contributed by atoms with Crippen molar-refractivity contribution in [2.45, 2.75) is 76.9 Å². The van der Waals surface area contributed by atoms with E-state index in [1.807, 2.05) is 13.8 Å². The molecule has 20 nitrogen and oxygen atoms in total. The van der Waals surface area contributed by atoms with E-state index in [4.69, 9.17) is 14.2 Å². The second-order valence-corrected chi connectivity index (χ2v) is 16.8. The zero-order valence-electron chi connectivity index (χ0n) is 33.8. The fourth-order valence-electron chi connectivity index (χ4n) is 7.85. The lowest BCUT2D eigenvalue weighted by Gasteiger charge is -2.46. The first kappa shape index (κ1) is 44.9. The molecule has 3 heterocycles. The lowest BCUT2D eigenvalue weighted by atomic mass is 9.79. The van der Waals surface area contributed by atoms with E-state index in [9.17, 15) is 54.6 Å². The van der Waals surface area contributed by atoms with Crippen LogP contribution in [0.3, 0.4) is 0 Å². The SMILES string of the molecule is CC(CNC(=O)OCc1ccc([N+](=O)[O-])cc1)C[C@@H]1C[C@H](SC2=C(C(=O)OCc3ccc([N+](=O)[O-])cc3)N3C(=O)[C@H]([C@@H](C)O)[C@H]3[C@H]2C)CN1C(=O)OCc1ccc([N+](=O)[O-])cc1. The number of ether oxygens (including phenoxy) is 3. The van der Waals surface area contributed by atoms with Crippen molar-refractivity contribution in [3.63, 3.8) is 0 Å². The van der Waals surface area contributed by atoms with Gasteiger partial charge < -0.3 is 34.4 Å². The molecule has 0 bridgehead atoms. The average molecular weight is 877 g/mol. The molecule has 2 fully saturated rings. The number of thioether (sulfide) groups is 1. The Morgan fingerprint density at radius 2 is 1.29 bits per heavy atom. The summed E-state index contributed by atoms with van der Waals surface area (Å²) < 4.78 is 16.6. The lowest BCUT2D eigenvalue weighted by Crippen LogP contribution is -2.63. The molecule has 0 radical (unpaired) electrons. The third-order valence-corrected chi connectivity index (χ3v) is 12.5. The van der Waals surface area contributed by atoms with Crippen molar-refractivity contribution in [1.29, 1.82) is 0 Å². The molecule has 3 aliphatic rings. The summed E-state index contributed by atoms with van der Waals surface area (Å²) in [5.74, 6) is -2.55. The fourth-order valence-corrected chi connectivity index (χ4v) is 9.41. The molecule has 2 N–H and O–H groups in total. The fraction of sp³-hybridized carbons (Fsp3) is 0.415. The van der Waals surface area contributed by atoms with Crippen LogP contribution in [0.25, 0.3) is 0 Å². The molecule has 0 aromatic heterocycles. The Kier molecular flexibility index (Phi) is 14.1. The first-order valence-corrected chi connectivity index (χ1v) is 20.5. The summed E-state index contributed by atoms with van der Waals surface area (Å²) in [5, 5.41) is 46.1. The Labute approximate surface area is 358 Å². The lowest BCUT2D eigenvalue weighted by molar-refractivity contribution is -0.385. The summed E-state index contributed by atoms with van der Waals surface area (Å²) in [5.41, 5.74) is 1.27. The van der Waals surface area contributed by atoms with Crippen LogP contribution >= 0.6 is 11.8 Å². The van der Waals surface area contributed by atoms with Gasteiger partial charge in [-0.25, -0.2) is 14.4 Å². The monoisotopic (exact) mass is 876 g/mol. The number of alkyl carbamates (subject to hydrolysis) is 1. The van der Waals surface area contributed by atoms with E-state index in [1.54, 1.807) is 4.90 Å². The van der Waals surface area contributed by atoms with Crippen molar-refractivity contribution in [2.24, 2.45) is 17.8 Å². The molecule has 6 rings (SSSR count). The second kappa shape index (κ2) is 19.4.